The fourth-order valence-electron chi connectivity index (χ4n) is 2.03. The van der Waals surface area contributed by atoms with Crippen molar-refractivity contribution >= 4 is 28.4 Å². The average molecular weight is 368 g/mol. The molecule has 0 saturated heterocycles. The van der Waals surface area contributed by atoms with Gasteiger partial charge in [-0.05, 0) is 47.6 Å². The number of hydrogen-bond donors (Lipinski definition) is 0. The quantitative estimate of drug-likeness (QED) is 0.613. The van der Waals surface area contributed by atoms with Crippen molar-refractivity contribution < 1.29 is 4.79 Å². The number of halogens is 1. The maximum atomic E-state index is 12.4. The Morgan fingerprint density at radius 2 is 2.16 bits per heavy atom. The summed E-state index contributed by atoms with van der Waals surface area (Å²) in [5.41, 5.74) is 3.95. The molecule has 0 aliphatic carbocycles. The van der Waals surface area contributed by atoms with Gasteiger partial charge >= 0.3 is 0 Å². The van der Waals surface area contributed by atoms with E-state index in [0.29, 0.717) is 6.42 Å². The fraction of sp³-hybridized carbons (Fsp3) is 0.333. The van der Waals surface area contributed by atoms with Crippen molar-refractivity contribution in [3.05, 3.63) is 50.4 Å². The lowest BCUT2D eigenvalue weighted by atomic mass is 10.0. The average Bonchev–Trinajstić information content (AvgIpc) is 2.73. The Kier molecular flexibility index (Phi) is 4.39. The molecule has 0 bridgehead atoms. The Morgan fingerprint density at radius 1 is 1.42 bits per heavy atom. The number of benzene rings is 1. The van der Waals surface area contributed by atoms with Crippen LogP contribution in [0.25, 0.3) is 0 Å². The van der Waals surface area contributed by atoms with Gasteiger partial charge in [0.25, 0.3) is 0 Å². The molecule has 0 aliphatic heterocycles. The molecule has 0 fully saturated rings. The number of aromatic nitrogens is 2. The Hall–Kier alpha value is -1.17. The fourth-order valence-corrected chi connectivity index (χ4v) is 2.69. The van der Waals surface area contributed by atoms with Crippen LogP contribution < -0.4 is 0 Å². The molecule has 2 aromatic rings. The summed E-state index contributed by atoms with van der Waals surface area (Å²) in [4.78, 5) is 12.4. The van der Waals surface area contributed by atoms with Crippen LogP contribution in [-0.4, -0.2) is 15.6 Å². The molecule has 0 saturated carbocycles. The molecule has 0 spiro atoms. The summed E-state index contributed by atoms with van der Waals surface area (Å²) in [6.07, 6.45) is 1.30. The molecule has 2 rings (SSSR count). The minimum Gasteiger partial charge on any atom is -0.294 e. The highest BCUT2D eigenvalue weighted by atomic mass is 127. The van der Waals surface area contributed by atoms with Crippen molar-refractivity contribution in [1.82, 2.24) is 9.78 Å². The summed E-state index contributed by atoms with van der Waals surface area (Å²) in [5.74, 6) is 0.152. The summed E-state index contributed by atoms with van der Waals surface area (Å²) in [5, 5.41) is 4.38. The van der Waals surface area contributed by atoms with E-state index in [1.807, 2.05) is 38.2 Å². The summed E-state index contributed by atoms with van der Waals surface area (Å²) in [6.45, 7) is 4.09. The summed E-state index contributed by atoms with van der Waals surface area (Å²) < 4.78 is 2.85. The van der Waals surface area contributed by atoms with Gasteiger partial charge in [-0.2, -0.15) is 5.10 Å². The number of nitrogens with zero attached hydrogens (tertiary/aromatic N) is 2. The first-order valence-electron chi connectivity index (χ1n) is 6.33. The van der Waals surface area contributed by atoms with Gasteiger partial charge in [0.05, 0.1) is 12.1 Å². The van der Waals surface area contributed by atoms with Gasteiger partial charge in [-0.3, -0.25) is 9.48 Å². The number of carbonyl (C=O) groups excluding carboxylic acids is 1. The summed E-state index contributed by atoms with van der Waals surface area (Å²) >= 11 is 2.24. The van der Waals surface area contributed by atoms with Crippen LogP contribution in [0.3, 0.4) is 0 Å². The van der Waals surface area contributed by atoms with E-state index in [9.17, 15) is 4.79 Å². The molecule has 1 heterocycles. The molecule has 19 heavy (non-hydrogen) atoms. The standard InChI is InChI=1S/C15H17IN2O/c1-4-11-8-12(18(3)17-11)9-14(19)13-7-5-6-10(2)15(13)16/h5-8H,4,9H2,1-3H3. The van der Waals surface area contributed by atoms with Crippen LogP contribution in [0.4, 0.5) is 0 Å². The maximum absolute atomic E-state index is 12.4. The predicted molar refractivity (Wildman–Crippen MR) is 84.5 cm³/mol. The van der Waals surface area contributed by atoms with Crippen molar-refractivity contribution in [3.8, 4) is 0 Å². The molecule has 0 radical (unpaired) electrons. The first-order chi connectivity index (χ1) is 9.02. The second-order valence-electron chi connectivity index (χ2n) is 4.64. The predicted octanol–water partition coefficient (Wildman–Crippen LogP) is 3.32. The third kappa shape index (κ3) is 3.05. The minimum absolute atomic E-state index is 0.152. The zero-order valence-electron chi connectivity index (χ0n) is 11.4. The molecular weight excluding hydrogens is 351 g/mol. The molecule has 0 unspecified atom stereocenters. The van der Waals surface area contributed by atoms with E-state index in [2.05, 4.69) is 34.6 Å². The van der Waals surface area contributed by atoms with Crippen molar-refractivity contribution in [2.75, 3.05) is 0 Å². The second-order valence-corrected chi connectivity index (χ2v) is 5.72. The third-order valence-electron chi connectivity index (χ3n) is 3.22. The highest BCUT2D eigenvalue weighted by Crippen LogP contribution is 2.19. The monoisotopic (exact) mass is 368 g/mol. The Bertz CT molecular complexity index is 617. The van der Waals surface area contributed by atoms with Crippen LogP contribution >= 0.6 is 22.6 Å². The lowest BCUT2D eigenvalue weighted by Crippen LogP contribution is -2.09. The Labute approximate surface area is 127 Å². The molecule has 0 atom stereocenters. The van der Waals surface area contributed by atoms with E-state index in [-0.39, 0.29) is 5.78 Å². The SMILES string of the molecule is CCc1cc(CC(=O)c2cccc(C)c2I)n(C)n1. The largest absolute Gasteiger partial charge is 0.294 e. The number of aryl methyl sites for hydroxylation is 3. The topological polar surface area (TPSA) is 34.9 Å². The van der Waals surface area contributed by atoms with Gasteiger partial charge in [0.1, 0.15) is 0 Å². The third-order valence-corrected chi connectivity index (χ3v) is 4.66. The molecule has 3 nitrogen and oxygen atoms in total. The first-order valence-corrected chi connectivity index (χ1v) is 7.41. The minimum atomic E-state index is 0.152. The zero-order valence-corrected chi connectivity index (χ0v) is 13.6. The molecule has 0 N–H and O–H groups in total. The Balaban J connectivity index is 2.25. The van der Waals surface area contributed by atoms with E-state index >= 15 is 0 Å². The van der Waals surface area contributed by atoms with E-state index in [0.717, 1.165) is 32.5 Å². The van der Waals surface area contributed by atoms with Crippen molar-refractivity contribution in [2.45, 2.75) is 26.7 Å². The van der Waals surface area contributed by atoms with Crippen molar-refractivity contribution in [1.29, 1.82) is 0 Å². The van der Waals surface area contributed by atoms with Crippen LogP contribution in [-0.2, 0) is 19.9 Å². The maximum Gasteiger partial charge on any atom is 0.169 e. The number of rotatable bonds is 4. The molecule has 0 aliphatic rings. The van der Waals surface area contributed by atoms with Crippen LogP contribution in [0.2, 0.25) is 0 Å². The number of carbonyl (C=O) groups is 1. The van der Waals surface area contributed by atoms with Gasteiger partial charge < -0.3 is 0 Å². The highest BCUT2D eigenvalue weighted by Gasteiger charge is 2.14. The lowest BCUT2D eigenvalue weighted by Gasteiger charge is -2.06. The number of ketones is 1. The molecule has 4 heteroatoms. The number of Topliss-reactive ketones (excluding diaryl/α,β-unsaturated/α-hetero) is 1. The molecule has 1 aromatic carbocycles. The highest BCUT2D eigenvalue weighted by molar-refractivity contribution is 14.1. The van der Waals surface area contributed by atoms with E-state index in [1.165, 1.54) is 0 Å². The molecule has 0 amide bonds. The number of hydrogen-bond acceptors (Lipinski definition) is 2. The van der Waals surface area contributed by atoms with Crippen LogP contribution in [0.5, 0.6) is 0 Å². The summed E-state index contributed by atoms with van der Waals surface area (Å²) in [6, 6.07) is 7.87. The van der Waals surface area contributed by atoms with Crippen molar-refractivity contribution in [2.24, 2.45) is 7.05 Å². The van der Waals surface area contributed by atoms with Crippen LogP contribution in [0.15, 0.2) is 24.3 Å². The van der Waals surface area contributed by atoms with E-state index in [1.54, 1.807) is 4.68 Å². The van der Waals surface area contributed by atoms with E-state index < -0.39 is 0 Å². The summed E-state index contributed by atoms with van der Waals surface area (Å²) in [7, 11) is 1.89. The first kappa shape index (κ1) is 14.2. The normalized spacial score (nSPS) is 10.7. The van der Waals surface area contributed by atoms with Gasteiger partial charge in [0, 0.05) is 21.9 Å². The van der Waals surface area contributed by atoms with Gasteiger partial charge in [-0.15, -0.1) is 0 Å². The molecule has 100 valence electrons. The second kappa shape index (κ2) is 5.86. The molecular formula is C15H17IN2O. The molecule has 1 aromatic heterocycles. The lowest BCUT2D eigenvalue weighted by molar-refractivity contribution is 0.0990. The van der Waals surface area contributed by atoms with Gasteiger partial charge in [-0.1, -0.05) is 25.1 Å². The van der Waals surface area contributed by atoms with Gasteiger partial charge in [0.2, 0.25) is 0 Å². The smallest absolute Gasteiger partial charge is 0.169 e. The van der Waals surface area contributed by atoms with Crippen LogP contribution in [0, 0.1) is 10.5 Å². The Morgan fingerprint density at radius 3 is 2.79 bits per heavy atom. The van der Waals surface area contributed by atoms with Crippen molar-refractivity contribution in [3.63, 3.8) is 0 Å². The van der Waals surface area contributed by atoms with Crippen LogP contribution in [0.1, 0.15) is 34.2 Å². The zero-order chi connectivity index (χ0) is 14.0. The van der Waals surface area contributed by atoms with Gasteiger partial charge in [-0.25, -0.2) is 0 Å². The van der Waals surface area contributed by atoms with E-state index in [4.69, 9.17) is 0 Å². The van der Waals surface area contributed by atoms with Gasteiger partial charge in [0.15, 0.2) is 5.78 Å².